The van der Waals surface area contributed by atoms with Gasteiger partial charge in [-0.15, -0.1) is 0 Å². The maximum absolute atomic E-state index is 4.99. The molecule has 0 aromatic carbocycles. The second-order valence-electron chi connectivity index (χ2n) is 4.33. The van der Waals surface area contributed by atoms with E-state index in [4.69, 9.17) is 4.74 Å². The highest BCUT2D eigenvalue weighted by Gasteiger charge is 2.38. The molecule has 4 nitrogen and oxygen atoms in total. The van der Waals surface area contributed by atoms with Crippen LogP contribution in [0.25, 0.3) is 0 Å². The van der Waals surface area contributed by atoms with Crippen molar-refractivity contribution in [1.82, 2.24) is 15.3 Å². The molecule has 0 radical (unpaired) electrons. The molecule has 1 N–H and O–H groups in total. The molecule has 0 spiro atoms. The monoisotopic (exact) mass is 221 g/mol. The van der Waals surface area contributed by atoms with Crippen LogP contribution in [0.5, 0.6) is 0 Å². The molecule has 16 heavy (non-hydrogen) atoms. The molecule has 0 bridgehead atoms. The van der Waals surface area contributed by atoms with Crippen LogP contribution in [0.3, 0.4) is 0 Å². The molecule has 4 heteroatoms. The molecule has 1 fully saturated rings. The van der Waals surface area contributed by atoms with Crippen LogP contribution in [0.2, 0.25) is 0 Å². The number of nitrogens with one attached hydrogen (secondary N) is 1. The molecule has 1 aromatic heterocycles. The summed E-state index contributed by atoms with van der Waals surface area (Å²) in [7, 11) is 1.73. The van der Waals surface area contributed by atoms with Gasteiger partial charge in [0.15, 0.2) is 0 Å². The van der Waals surface area contributed by atoms with Gasteiger partial charge in [0.2, 0.25) is 0 Å². The molecule has 88 valence electrons. The Morgan fingerprint density at radius 3 is 3.19 bits per heavy atom. The average Bonchev–Trinajstić information content (AvgIpc) is 3.04. The number of aromatic nitrogens is 2. The Balaban J connectivity index is 1.74. The highest BCUT2D eigenvalue weighted by Crippen LogP contribution is 2.45. The van der Waals surface area contributed by atoms with Crippen molar-refractivity contribution < 1.29 is 4.74 Å². The van der Waals surface area contributed by atoms with Gasteiger partial charge < -0.3 is 10.1 Å². The van der Waals surface area contributed by atoms with Gasteiger partial charge in [0.05, 0.1) is 6.61 Å². The number of aryl methyl sites for hydroxylation is 1. The van der Waals surface area contributed by atoms with E-state index in [-0.39, 0.29) is 0 Å². The van der Waals surface area contributed by atoms with Crippen molar-refractivity contribution in [3.05, 3.63) is 23.8 Å². The minimum Gasteiger partial charge on any atom is -0.383 e. The number of methoxy groups -OCH3 is 1. The van der Waals surface area contributed by atoms with E-state index >= 15 is 0 Å². The fourth-order valence-electron chi connectivity index (χ4n) is 1.98. The highest BCUT2D eigenvalue weighted by molar-refractivity contribution is 5.17. The summed E-state index contributed by atoms with van der Waals surface area (Å²) >= 11 is 0. The van der Waals surface area contributed by atoms with E-state index in [1.807, 2.05) is 19.2 Å². The standard InChI is InChI=1S/C12H19N3O/c1-9-14-4-3-12(15-9)11-7-10(11)8-13-5-6-16-2/h3-4,10-11,13H,5-8H2,1-2H3. The number of rotatable bonds is 6. The lowest BCUT2D eigenvalue weighted by molar-refractivity contribution is 0.199. The molecule has 1 aliphatic rings. The summed E-state index contributed by atoms with van der Waals surface area (Å²) < 4.78 is 4.99. The Bertz CT molecular complexity index is 343. The predicted molar refractivity (Wildman–Crippen MR) is 62.4 cm³/mol. The lowest BCUT2D eigenvalue weighted by Crippen LogP contribution is -2.21. The van der Waals surface area contributed by atoms with Gasteiger partial charge >= 0.3 is 0 Å². The summed E-state index contributed by atoms with van der Waals surface area (Å²) in [6, 6.07) is 2.03. The second kappa shape index (κ2) is 5.37. The summed E-state index contributed by atoms with van der Waals surface area (Å²) in [6.45, 7) is 4.72. The van der Waals surface area contributed by atoms with Crippen molar-refractivity contribution in [3.63, 3.8) is 0 Å². The maximum Gasteiger partial charge on any atom is 0.125 e. The van der Waals surface area contributed by atoms with E-state index in [0.29, 0.717) is 5.92 Å². The third kappa shape index (κ3) is 3.00. The second-order valence-corrected chi connectivity index (χ2v) is 4.33. The SMILES string of the molecule is COCCNCC1CC1c1ccnc(C)n1. The summed E-state index contributed by atoms with van der Waals surface area (Å²) in [6.07, 6.45) is 3.10. The van der Waals surface area contributed by atoms with Gasteiger partial charge in [-0.1, -0.05) is 0 Å². The van der Waals surface area contributed by atoms with Gasteiger partial charge in [-0.2, -0.15) is 0 Å². The summed E-state index contributed by atoms with van der Waals surface area (Å²) in [4.78, 5) is 8.58. The summed E-state index contributed by atoms with van der Waals surface area (Å²) in [5.74, 6) is 2.25. The van der Waals surface area contributed by atoms with Crippen molar-refractivity contribution in [2.24, 2.45) is 5.92 Å². The van der Waals surface area contributed by atoms with E-state index in [1.54, 1.807) is 7.11 Å². The van der Waals surface area contributed by atoms with Crippen molar-refractivity contribution in [2.75, 3.05) is 26.8 Å². The smallest absolute Gasteiger partial charge is 0.125 e. The molecule has 1 aliphatic carbocycles. The lowest BCUT2D eigenvalue weighted by atomic mass is 10.2. The van der Waals surface area contributed by atoms with Gasteiger partial charge in [-0.05, 0) is 31.9 Å². The number of ether oxygens (including phenoxy) is 1. The zero-order chi connectivity index (χ0) is 11.4. The van der Waals surface area contributed by atoms with Crippen LogP contribution in [0.4, 0.5) is 0 Å². The topological polar surface area (TPSA) is 47.0 Å². The maximum atomic E-state index is 4.99. The Labute approximate surface area is 96.4 Å². The molecule has 0 amide bonds. The first-order valence-electron chi connectivity index (χ1n) is 5.80. The van der Waals surface area contributed by atoms with Crippen LogP contribution in [0.1, 0.15) is 23.9 Å². The zero-order valence-electron chi connectivity index (χ0n) is 9.94. The van der Waals surface area contributed by atoms with Gasteiger partial charge in [0.1, 0.15) is 5.82 Å². The Hall–Kier alpha value is -1.00. The van der Waals surface area contributed by atoms with Crippen LogP contribution in [-0.2, 0) is 4.74 Å². The average molecular weight is 221 g/mol. The van der Waals surface area contributed by atoms with Crippen LogP contribution in [-0.4, -0.2) is 36.8 Å². The van der Waals surface area contributed by atoms with E-state index in [1.165, 1.54) is 12.1 Å². The van der Waals surface area contributed by atoms with Gasteiger partial charge in [0, 0.05) is 31.5 Å². The van der Waals surface area contributed by atoms with E-state index < -0.39 is 0 Å². The molecule has 1 heterocycles. The predicted octanol–water partition coefficient (Wildman–Crippen LogP) is 1.12. The van der Waals surface area contributed by atoms with Crippen LogP contribution in [0, 0.1) is 12.8 Å². The molecule has 0 saturated heterocycles. The van der Waals surface area contributed by atoms with Crippen LogP contribution < -0.4 is 5.32 Å². The van der Waals surface area contributed by atoms with Gasteiger partial charge in [-0.3, -0.25) is 0 Å². The van der Waals surface area contributed by atoms with E-state index in [9.17, 15) is 0 Å². The first kappa shape index (κ1) is 11.5. The minimum absolute atomic E-state index is 0.636. The molecular weight excluding hydrogens is 202 g/mol. The normalized spacial score (nSPS) is 23.4. The zero-order valence-corrected chi connectivity index (χ0v) is 9.94. The fraction of sp³-hybridized carbons (Fsp3) is 0.667. The number of hydrogen-bond acceptors (Lipinski definition) is 4. The van der Waals surface area contributed by atoms with Gasteiger partial charge in [0.25, 0.3) is 0 Å². The Kier molecular flexibility index (Phi) is 3.85. The van der Waals surface area contributed by atoms with E-state index in [2.05, 4.69) is 15.3 Å². The Morgan fingerprint density at radius 2 is 2.44 bits per heavy atom. The van der Waals surface area contributed by atoms with Gasteiger partial charge in [-0.25, -0.2) is 9.97 Å². The van der Waals surface area contributed by atoms with Crippen molar-refractivity contribution >= 4 is 0 Å². The fourth-order valence-corrected chi connectivity index (χ4v) is 1.98. The number of hydrogen-bond donors (Lipinski definition) is 1. The molecular formula is C12H19N3O. The third-order valence-corrected chi connectivity index (χ3v) is 2.99. The molecule has 2 rings (SSSR count). The minimum atomic E-state index is 0.636. The molecule has 2 unspecified atom stereocenters. The van der Waals surface area contributed by atoms with Crippen LogP contribution >= 0.6 is 0 Å². The molecule has 1 saturated carbocycles. The summed E-state index contributed by atoms with van der Waals surface area (Å²) in [5.41, 5.74) is 1.20. The highest BCUT2D eigenvalue weighted by atomic mass is 16.5. The van der Waals surface area contributed by atoms with E-state index in [0.717, 1.165) is 31.4 Å². The van der Waals surface area contributed by atoms with Crippen LogP contribution in [0.15, 0.2) is 12.3 Å². The van der Waals surface area contributed by atoms with Crippen molar-refractivity contribution in [2.45, 2.75) is 19.3 Å². The first-order chi connectivity index (χ1) is 7.81. The lowest BCUT2D eigenvalue weighted by Gasteiger charge is -2.03. The Morgan fingerprint density at radius 1 is 1.56 bits per heavy atom. The first-order valence-corrected chi connectivity index (χ1v) is 5.80. The molecule has 0 aliphatic heterocycles. The molecule has 1 aromatic rings. The van der Waals surface area contributed by atoms with Crippen molar-refractivity contribution in [3.8, 4) is 0 Å². The number of nitrogens with zero attached hydrogens (tertiary/aromatic N) is 2. The largest absolute Gasteiger partial charge is 0.383 e. The molecule has 2 atom stereocenters. The van der Waals surface area contributed by atoms with Crippen molar-refractivity contribution in [1.29, 1.82) is 0 Å². The quantitative estimate of drug-likeness (QED) is 0.731. The summed E-state index contributed by atoms with van der Waals surface area (Å²) in [5, 5.41) is 3.39. The third-order valence-electron chi connectivity index (χ3n) is 2.99.